The van der Waals surface area contributed by atoms with Crippen molar-refractivity contribution in [2.75, 3.05) is 23.8 Å². The summed E-state index contributed by atoms with van der Waals surface area (Å²) in [6.45, 7) is 5.45. The van der Waals surface area contributed by atoms with Crippen LogP contribution in [0.2, 0.25) is 0 Å². The molecule has 2 atom stereocenters. The average molecular weight is 400 g/mol. The lowest BCUT2D eigenvalue weighted by atomic mass is 10.1. The molecule has 9 heteroatoms. The van der Waals surface area contributed by atoms with Gasteiger partial charge in [-0.05, 0) is 52.2 Å². The first-order chi connectivity index (χ1) is 13.6. The van der Waals surface area contributed by atoms with E-state index in [4.69, 9.17) is 4.74 Å². The number of carbonyl (C=O) groups excluding carboxylic acids is 3. The van der Waals surface area contributed by atoms with E-state index in [-0.39, 0.29) is 30.4 Å². The lowest BCUT2D eigenvalue weighted by Crippen LogP contribution is -2.31. The zero-order chi connectivity index (χ0) is 21.2. The third-order valence-electron chi connectivity index (χ3n) is 4.66. The van der Waals surface area contributed by atoms with Crippen LogP contribution in [0.15, 0.2) is 18.3 Å². The molecule has 1 saturated heterocycles. The van der Waals surface area contributed by atoms with Crippen LogP contribution in [0.4, 0.5) is 21.1 Å². The standard InChI is InChI=1S/C20H26N5O4/c1-20(2,3)29-18(27)22-10-13-5-6-14(9-13)23-16-8-7-15(11-21-16)25-17(26)12-24(4)19(25)28/h7-8,11,13-14H,5-6,9,12H2,1-4H3,(H,21,23)/q+1/t13?,14-/m0/s1. The molecule has 0 spiro atoms. The SMILES string of the molecule is CN1CC(=O)N(c2ccc(N[C@H]3CCC(C#[N+]C(=O)OC(C)(C)C)C3)nc2)C1=O. The Labute approximate surface area is 169 Å². The Bertz CT molecular complexity index is 866. The van der Waals surface area contributed by atoms with Gasteiger partial charge in [0.1, 0.15) is 18.0 Å². The number of nitrogens with one attached hydrogen (secondary N) is 1. The van der Waals surface area contributed by atoms with E-state index >= 15 is 0 Å². The van der Waals surface area contributed by atoms with Crippen molar-refractivity contribution in [3.8, 4) is 6.07 Å². The van der Waals surface area contributed by atoms with Gasteiger partial charge in [0.2, 0.25) is 0 Å². The Hall–Kier alpha value is -3.15. The molecular weight excluding hydrogens is 374 g/mol. The van der Waals surface area contributed by atoms with E-state index in [0.717, 1.165) is 24.2 Å². The van der Waals surface area contributed by atoms with Crippen molar-refractivity contribution in [1.29, 1.82) is 0 Å². The quantitative estimate of drug-likeness (QED) is 0.782. The van der Waals surface area contributed by atoms with Crippen LogP contribution in [0.3, 0.4) is 0 Å². The van der Waals surface area contributed by atoms with E-state index in [1.807, 2.05) is 0 Å². The van der Waals surface area contributed by atoms with Crippen molar-refractivity contribution in [2.24, 2.45) is 5.92 Å². The molecule has 2 aliphatic rings. The summed E-state index contributed by atoms with van der Waals surface area (Å²) >= 11 is 0. The average Bonchev–Trinajstić information content (AvgIpc) is 3.17. The maximum Gasteiger partial charge on any atom is 0.728 e. The fraction of sp³-hybridized carbons (Fsp3) is 0.550. The Balaban J connectivity index is 1.54. The van der Waals surface area contributed by atoms with Gasteiger partial charge in [0.05, 0.1) is 22.6 Å². The van der Waals surface area contributed by atoms with Crippen molar-refractivity contribution in [3.63, 3.8) is 0 Å². The highest BCUT2D eigenvalue weighted by atomic mass is 16.6. The van der Waals surface area contributed by atoms with Crippen LogP contribution in [0.5, 0.6) is 0 Å². The molecule has 29 heavy (non-hydrogen) atoms. The maximum absolute atomic E-state index is 12.0. The summed E-state index contributed by atoms with van der Waals surface area (Å²) in [7, 11) is 1.59. The molecule has 0 aromatic carbocycles. The van der Waals surface area contributed by atoms with Crippen LogP contribution in [0.25, 0.3) is 4.85 Å². The minimum Gasteiger partial charge on any atom is -0.392 e. The number of anilines is 2. The summed E-state index contributed by atoms with van der Waals surface area (Å²) in [6, 6.07) is 6.17. The van der Waals surface area contributed by atoms with Gasteiger partial charge in [0.25, 0.3) is 12.0 Å². The van der Waals surface area contributed by atoms with Crippen LogP contribution in [-0.2, 0) is 9.53 Å². The summed E-state index contributed by atoms with van der Waals surface area (Å²) in [4.78, 5) is 46.3. The maximum atomic E-state index is 12.0. The molecule has 1 aromatic heterocycles. The van der Waals surface area contributed by atoms with Gasteiger partial charge in [0.15, 0.2) is 0 Å². The van der Waals surface area contributed by atoms with Crippen molar-refractivity contribution < 1.29 is 19.1 Å². The molecule has 1 N–H and O–H groups in total. The van der Waals surface area contributed by atoms with E-state index in [0.29, 0.717) is 11.5 Å². The van der Waals surface area contributed by atoms with Gasteiger partial charge in [-0.3, -0.25) is 4.79 Å². The number of amides is 4. The number of aromatic nitrogens is 1. The Morgan fingerprint density at radius 1 is 1.31 bits per heavy atom. The van der Waals surface area contributed by atoms with Crippen LogP contribution in [-0.4, -0.2) is 53.2 Å². The second-order valence-electron chi connectivity index (χ2n) is 8.34. The van der Waals surface area contributed by atoms with E-state index < -0.39 is 11.7 Å². The molecule has 9 nitrogen and oxygen atoms in total. The number of pyridine rings is 1. The van der Waals surface area contributed by atoms with Crippen LogP contribution in [0.1, 0.15) is 40.0 Å². The molecular formula is C20H26N5O4+. The van der Waals surface area contributed by atoms with Crippen molar-refractivity contribution in [1.82, 2.24) is 9.88 Å². The molecule has 1 unspecified atom stereocenters. The molecule has 1 aliphatic carbocycles. The summed E-state index contributed by atoms with van der Waals surface area (Å²) in [6.07, 6.45) is 3.44. The molecule has 2 heterocycles. The van der Waals surface area contributed by atoms with Crippen molar-refractivity contribution in [3.05, 3.63) is 23.2 Å². The Kier molecular flexibility index (Phi) is 5.73. The van der Waals surface area contributed by atoms with Gasteiger partial charge in [-0.1, -0.05) is 0 Å². The molecule has 4 amide bonds. The number of rotatable bonds is 3. The van der Waals surface area contributed by atoms with Gasteiger partial charge < -0.3 is 15.0 Å². The third-order valence-corrected chi connectivity index (χ3v) is 4.66. The lowest BCUT2D eigenvalue weighted by molar-refractivity contribution is -0.116. The van der Waals surface area contributed by atoms with Crippen LogP contribution in [0, 0.1) is 12.0 Å². The number of likely N-dealkylation sites (N-methyl/N-ethyl adjacent to an activating group) is 1. The highest BCUT2D eigenvalue weighted by Crippen LogP contribution is 2.28. The first kappa shape index (κ1) is 20.6. The number of hydrogen-bond donors (Lipinski definition) is 1. The number of carbonyl (C=O) groups is 3. The van der Waals surface area contributed by atoms with Crippen LogP contribution >= 0.6 is 0 Å². The summed E-state index contributed by atoms with van der Waals surface area (Å²) < 4.78 is 5.15. The number of hydrogen-bond acceptors (Lipinski definition) is 6. The normalized spacial score (nSPS) is 21.8. The van der Waals surface area contributed by atoms with E-state index in [2.05, 4.69) is 21.2 Å². The number of urea groups is 1. The van der Waals surface area contributed by atoms with Crippen LogP contribution < -0.4 is 10.2 Å². The van der Waals surface area contributed by atoms with Crippen molar-refractivity contribution >= 4 is 29.5 Å². The second-order valence-corrected chi connectivity index (χ2v) is 8.34. The van der Waals surface area contributed by atoms with Gasteiger partial charge in [-0.15, -0.1) is 0 Å². The predicted octanol–water partition coefficient (Wildman–Crippen LogP) is 3.33. The zero-order valence-electron chi connectivity index (χ0n) is 17.1. The molecule has 1 aromatic rings. The number of nitrogens with zero attached hydrogens (tertiary/aromatic N) is 4. The first-order valence-corrected chi connectivity index (χ1v) is 9.62. The fourth-order valence-corrected chi connectivity index (χ4v) is 3.34. The van der Waals surface area contributed by atoms with Gasteiger partial charge >= 0.3 is 12.1 Å². The van der Waals surface area contributed by atoms with E-state index in [1.165, 1.54) is 11.1 Å². The highest BCUT2D eigenvalue weighted by molar-refractivity contribution is 6.19. The first-order valence-electron chi connectivity index (χ1n) is 9.62. The molecule has 1 aliphatic heterocycles. The Morgan fingerprint density at radius 3 is 2.66 bits per heavy atom. The third kappa shape index (κ3) is 5.22. The summed E-state index contributed by atoms with van der Waals surface area (Å²) in [5.74, 6) is 0.476. The minimum absolute atomic E-state index is 0.0731. The summed E-state index contributed by atoms with van der Waals surface area (Å²) in [5.41, 5.74) is -0.114. The molecule has 0 bridgehead atoms. The monoisotopic (exact) mass is 400 g/mol. The number of imide groups is 1. The van der Waals surface area contributed by atoms with Gasteiger partial charge in [-0.25, -0.2) is 14.7 Å². The molecule has 154 valence electrons. The van der Waals surface area contributed by atoms with Gasteiger partial charge in [-0.2, -0.15) is 4.79 Å². The predicted molar refractivity (Wildman–Crippen MR) is 108 cm³/mol. The lowest BCUT2D eigenvalue weighted by Gasteiger charge is -2.16. The molecule has 2 fully saturated rings. The number of ether oxygens (including phenoxy) is 1. The largest absolute Gasteiger partial charge is 0.728 e. The highest BCUT2D eigenvalue weighted by Gasteiger charge is 2.35. The smallest absolute Gasteiger partial charge is 0.392 e. The van der Waals surface area contributed by atoms with Crippen molar-refractivity contribution in [2.45, 2.75) is 51.7 Å². The van der Waals surface area contributed by atoms with E-state index in [9.17, 15) is 14.4 Å². The van der Waals surface area contributed by atoms with Gasteiger partial charge in [0, 0.05) is 13.1 Å². The fourth-order valence-electron chi connectivity index (χ4n) is 3.34. The summed E-state index contributed by atoms with van der Waals surface area (Å²) in [5, 5.41) is 3.34. The minimum atomic E-state index is -0.622. The molecule has 3 rings (SSSR count). The van der Waals surface area contributed by atoms with E-state index in [1.54, 1.807) is 40.0 Å². The second kappa shape index (κ2) is 8.07. The zero-order valence-corrected chi connectivity index (χ0v) is 17.1. The topological polar surface area (TPSA) is 96.2 Å². The molecule has 0 radical (unpaired) electrons. The Morgan fingerprint density at radius 2 is 2.07 bits per heavy atom. The molecule has 1 saturated carbocycles.